The lowest BCUT2D eigenvalue weighted by atomic mass is 10.0. The number of nitrogens with one attached hydrogen (secondary N) is 1. The van der Waals surface area contributed by atoms with Crippen LogP contribution in [0.25, 0.3) is 0 Å². The van der Waals surface area contributed by atoms with Crippen molar-refractivity contribution < 1.29 is 9.90 Å². The van der Waals surface area contributed by atoms with Gasteiger partial charge in [0.05, 0.1) is 5.56 Å². The molecule has 1 aromatic carbocycles. The number of fused-ring (bicyclic) bond motifs is 1. The summed E-state index contributed by atoms with van der Waals surface area (Å²) in [6.07, 6.45) is 0.763. The second kappa shape index (κ2) is 4.24. The first kappa shape index (κ1) is 10.5. The summed E-state index contributed by atoms with van der Waals surface area (Å²) in [5.74, 6) is 0.0335. The van der Waals surface area contributed by atoms with Gasteiger partial charge < -0.3 is 10.4 Å². The average Bonchev–Trinajstić information content (AvgIpc) is 2.27. The van der Waals surface area contributed by atoms with Crippen molar-refractivity contribution in [3.8, 4) is 0 Å². The highest BCUT2D eigenvalue weighted by Crippen LogP contribution is 2.29. The van der Waals surface area contributed by atoms with E-state index in [1.807, 2.05) is 19.1 Å². The first-order valence-electron chi connectivity index (χ1n) is 4.95. The van der Waals surface area contributed by atoms with Gasteiger partial charge >= 0.3 is 5.97 Å². The fourth-order valence-electron chi connectivity index (χ4n) is 1.75. The van der Waals surface area contributed by atoms with Crippen LogP contribution in [0, 0.1) is 0 Å². The van der Waals surface area contributed by atoms with E-state index in [0.717, 1.165) is 29.3 Å². The zero-order valence-corrected chi connectivity index (χ0v) is 9.36. The largest absolute Gasteiger partial charge is 0.478 e. The van der Waals surface area contributed by atoms with Crippen LogP contribution < -0.4 is 5.32 Å². The Hall–Kier alpha value is -1.00. The van der Waals surface area contributed by atoms with E-state index in [-0.39, 0.29) is 0 Å². The molecule has 0 saturated carbocycles. The lowest BCUT2D eigenvalue weighted by molar-refractivity contribution is 0.0695. The zero-order chi connectivity index (χ0) is 10.8. The van der Waals surface area contributed by atoms with Gasteiger partial charge in [-0.2, -0.15) is 0 Å². The molecule has 0 radical (unpaired) electrons. The van der Waals surface area contributed by atoms with Gasteiger partial charge in [0.2, 0.25) is 0 Å². The highest BCUT2D eigenvalue weighted by molar-refractivity contribution is 7.99. The minimum atomic E-state index is -0.825. The molecule has 15 heavy (non-hydrogen) atoms. The van der Waals surface area contributed by atoms with Gasteiger partial charge in [-0.05, 0) is 23.6 Å². The topological polar surface area (TPSA) is 49.3 Å². The molecule has 0 fully saturated rings. The summed E-state index contributed by atoms with van der Waals surface area (Å²) in [5, 5.41) is 12.3. The molecule has 1 heterocycles. The Morgan fingerprint density at radius 1 is 1.60 bits per heavy atom. The normalized spacial score (nSPS) is 14.7. The third-order valence-corrected chi connectivity index (χ3v) is 3.58. The Kier molecular flexibility index (Phi) is 2.98. The van der Waals surface area contributed by atoms with Crippen LogP contribution in [-0.2, 0) is 13.0 Å². The van der Waals surface area contributed by atoms with Gasteiger partial charge in [0.25, 0.3) is 0 Å². The van der Waals surface area contributed by atoms with Crippen LogP contribution in [0.2, 0.25) is 0 Å². The van der Waals surface area contributed by atoms with E-state index in [2.05, 4.69) is 5.32 Å². The number of aryl methyl sites for hydroxylation is 1. The maximum absolute atomic E-state index is 11.0. The molecule has 0 aliphatic carbocycles. The van der Waals surface area contributed by atoms with Crippen LogP contribution in [0.1, 0.15) is 28.4 Å². The number of carboxylic acids is 1. The maximum Gasteiger partial charge on any atom is 0.336 e. The van der Waals surface area contributed by atoms with E-state index < -0.39 is 5.97 Å². The molecule has 0 atom stereocenters. The van der Waals surface area contributed by atoms with Crippen LogP contribution in [-0.4, -0.2) is 17.0 Å². The smallest absolute Gasteiger partial charge is 0.336 e. The Labute approximate surface area is 92.9 Å². The van der Waals surface area contributed by atoms with Gasteiger partial charge in [0.1, 0.15) is 0 Å². The lowest BCUT2D eigenvalue weighted by Gasteiger charge is -2.18. The summed E-state index contributed by atoms with van der Waals surface area (Å²) in [5.41, 5.74) is 2.59. The van der Waals surface area contributed by atoms with E-state index in [1.165, 1.54) is 5.56 Å². The van der Waals surface area contributed by atoms with Gasteiger partial charge in [-0.1, -0.05) is 13.0 Å². The molecule has 0 spiro atoms. The molecular weight excluding hydrogens is 210 g/mol. The molecule has 0 unspecified atom stereocenters. The number of rotatable bonds is 2. The molecule has 1 aliphatic heterocycles. The van der Waals surface area contributed by atoms with Crippen molar-refractivity contribution in [2.24, 2.45) is 0 Å². The van der Waals surface area contributed by atoms with Crippen LogP contribution >= 0.6 is 11.8 Å². The lowest BCUT2D eigenvalue weighted by Crippen LogP contribution is -2.18. The zero-order valence-electron chi connectivity index (χ0n) is 8.54. The molecule has 2 rings (SSSR count). The Balaban J connectivity index is 2.51. The Morgan fingerprint density at radius 3 is 3.07 bits per heavy atom. The van der Waals surface area contributed by atoms with Gasteiger partial charge in [0.15, 0.2) is 0 Å². The number of benzene rings is 1. The van der Waals surface area contributed by atoms with E-state index >= 15 is 0 Å². The third kappa shape index (κ3) is 2.01. The molecule has 2 N–H and O–H groups in total. The SMILES string of the molecule is CCc1cc2c(cc1C(=O)O)SCNC2. The molecule has 1 aliphatic rings. The number of carbonyl (C=O) groups is 1. The van der Waals surface area contributed by atoms with Crippen molar-refractivity contribution in [3.05, 3.63) is 28.8 Å². The van der Waals surface area contributed by atoms with Crippen LogP contribution in [0.3, 0.4) is 0 Å². The maximum atomic E-state index is 11.0. The summed E-state index contributed by atoms with van der Waals surface area (Å²) >= 11 is 1.67. The first-order valence-corrected chi connectivity index (χ1v) is 5.93. The molecule has 0 saturated heterocycles. The average molecular weight is 223 g/mol. The van der Waals surface area contributed by atoms with Crippen molar-refractivity contribution in [1.29, 1.82) is 0 Å². The second-order valence-corrected chi connectivity index (χ2v) is 4.51. The standard InChI is InChI=1S/C11H13NO2S/c1-2-7-3-8-5-12-6-15-10(8)4-9(7)11(13)14/h3-4,12H,2,5-6H2,1H3,(H,13,14). The monoisotopic (exact) mass is 223 g/mol. The third-order valence-electron chi connectivity index (χ3n) is 2.54. The quantitative estimate of drug-likeness (QED) is 0.806. The molecule has 1 aromatic rings. The summed E-state index contributed by atoms with van der Waals surface area (Å²) in [6.45, 7) is 2.83. The van der Waals surface area contributed by atoms with E-state index in [4.69, 9.17) is 5.11 Å². The molecule has 3 nitrogen and oxygen atoms in total. The van der Waals surface area contributed by atoms with Gasteiger partial charge in [-0.25, -0.2) is 4.79 Å². The Bertz CT molecular complexity index is 404. The van der Waals surface area contributed by atoms with Gasteiger partial charge in [-0.3, -0.25) is 0 Å². The summed E-state index contributed by atoms with van der Waals surface area (Å²) in [4.78, 5) is 12.1. The highest BCUT2D eigenvalue weighted by atomic mass is 32.2. The first-order chi connectivity index (χ1) is 7.22. The van der Waals surface area contributed by atoms with E-state index in [0.29, 0.717) is 5.56 Å². The highest BCUT2D eigenvalue weighted by Gasteiger charge is 2.16. The fraction of sp³-hybridized carbons (Fsp3) is 0.364. The molecule has 0 bridgehead atoms. The van der Waals surface area contributed by atoms with Crippen molar-refractivity contribution in [2.45, 2.75) is 24.8 Å². The van der Waals surface area contributed by atoms with Crippen LogP contribution in [0.4, 0.5) is 0 Å². The number of aromatic carboxylic acids is 1. The summed E-state index contributed by atoms with van der Waals surface area (Å²) < 4.78 is 0. The summed E-state index contributed by atoms with van der Waals surface area (Å²) in [7, 11) is 0. The minimum Gasteiger partial charge on any atom is -0.478 e. The van der Waals surface area contributed by atoms with Gasteiger partial charge in [-0.15, -0.1) is 11.8 Å². The van der Waals surface area contributed by atoms with Crippen LogP contribution in [0.5, 0.6) is 0 Å². The molecule has 0 aromatic heterocycles. The molecule has 4 heteroatoms. The van der Waals surface area contributed by atoms with E-state index in [9.17, 15) is 4.79 Å². The van der Waals surface area contributed by atoms with E-state index in [1.54, 1.807) is 11.8 Å². The number of hydrogen-bond donors (Lipinski definition) is 2. The number of thioether (sulfide) groups is 1. The van der Waals surface area contributed by atoms with Gasteiger partial charge in [0, 0.05) is 17.3 Å². The minimum absolute atomic E-state index is 0.450. The second-order valence-electron chi connectivity index (χ2n) is 3.49. The van der Waals surface area contributed by atoms with Crippen molar-refractivity contribution in [3.63, 3.8) is 0 Å². The van der Waals surface area contributed by atoms with Crippen molar-refractivity contribution in [2.75, 3.05) is 5.88 Å². The number of hydrogen-bond acceptors (Lipinski definition) is 3. The van der Waals surface area contributed by atoms with Crippen molar-refractivity contribution in [1.82, 2.24) is 5.32 Å². The molecule has 0 amide bonds. The van der Waals surface area contributed by atoms with Crippen molar-refractivity contribution >= 4 is 17.7 Å². The predicted octanol–water partition coefficient (Wildman–Crippen LogP) is 2.10. The molecule has 80 valence electrons. The van der Waals surface area contributed by atoms with Crippen LogP contribution in [0.15, 0.2) is 17.0 Å². The predicted molar refractivity (Wildman–Crippen MR) is 60.3 cm³/mol. The Morgan fingerprint density at radius 2 is 2.40 bits per heavy atom. The fourth-order valence-corrected chi connectivity index (χ4v) is 2.63. The molecular formula is C11H13NO2S. The number of carboxylic acid groups (broad SMARTS) is 1. The summed E-state index contributed by atoms with van der Waals surface area (Å²) in [6, 6.07) is 3.82.